The number of aryl methyl sites for hydroxylation is 1. The van der Waals surface area contributed by atoms with Crippen LogP contribution in [0.2, 0.25) is 0 Å². The summed E-state index contributed by atoms with van der Waals surface area (Å²) in [5, 5.41) is 0. The lowest BCUT2D eigenvalue weighted by Crippen LogP contribution is -1.98. The quantitative estimate of drug-likeness (QED) is 0.541. The summed E-state index contributed by atoms with van der Waals surface area (Å²) in [5.41, 5.74) is 5.80. The predicted octanol–water partition coefficient (Wildman–Crippen LogP) is 6.13. The molecule has 2 nitrogen and oxygen atoms in total. The Kier molecular flexibility index (Phi) is 5.39. The molecule has 0 atom stereocenters. The summed E-state index contributed by atoms with van der Waals surface area (Å²) >= 11 is 0. The summed E-state index contributed by atoms with van der Waals surface area (Å²) in [6.07, 6.45) is 0. The lowest BCUT2D eigenvalue weighted by Gasteiger charge is -2.18. The Balaban J connectivity index is 2.24. The average molecular weight is 332 g/mol. The Labute approximate surface area is 150 Å². The van der Waals surface area contributed by atoms with E-state index in [1.54, 1.807) is 0 Å². The molecular formula is C23H24O2. The first-order valence-electron chi connectivity index (χ1n) is 8.80. The smallest absolute Gasteiger partial charge is 0.127 e. The van der Waals surface area contributed by atoms with Crippen molar-refractivity contribution in [2.75, 3.05) is 13.2 Å². The number of rotatable bonds is 6. The zero-order chi connectivity index (χ0) is 17.6. The third-order valence-electron chi connectivity index (χ3n) is 4.21. The maximum Gasteiger partial charge on any atom is 0.127 e. The van der Waals surface area contributed by atoms with Crippen molar-refractivity contribution in [3.05, 3.63) is 72.3 Å². The van der Waals surface area contributed by atoms with Crippen LogP contribution in [-0.2, 0) is 0 Å². The fourth-order valence-corrected chi connectivity index (χ4v) is 3.17. The summed E-state index contributed by atoms with van der Waals surface area (Å²) < 4.78 is 11.8. The second kappa shape index (κ2) is 7.89. The minimum atomic E-state index is 0.647. The highest BCUT2D eigenvalue weighted by atomic mass is 16.5. The van der Waals surface area contributed by atoms with Gasteiger partial charge in [0.15, 0.2) is 0 Å². The first-order chi connectivity index (χ1) is 12.3. The van der Waals surface area contributed by atoms with Gasteiger partial charge in [0.2, 0.25) is 0 Å². The van der Waals surface area contributed by atoms with Crippen molar-refractivity contribution in [3.63, 3.8) is 0 Å². The van der Waals surface area contributed by atoms with Gasteiger partial charge < -0.3 is 9.47 Å². The maximum absolute atomic E-state index is 5.88. The van der Waals surface area contributed by atoms with E-state index < -0.39 is 0 Å². The molecule has 0 radical (unpaired) electrons. The SMILES string of the molecule is CCOc1ccccc1-c1cccc(C)c1-c1ccccc1OCC. The molecule has 25 heavy (non-hydrogen) atoms. The third-order valence-corrected chi connectivity index (χ3v) is 4.21. The monoisotopic (exact) mass is 332 g/mol. The van der Waals surface area contributed by atoms with Crippen LogP contribution in [0.15, 0.2) is 66.7 Å². The van der Waals surface area contributed by atoms with Crippen LogP contribution in [0.4, 0.5) is 0 Å². The molecule has 0 saturated carbocycles. The Bertz CT molecular complexity index is 852. The fraction of sp³-hybridized carbons (Fsp3) is 0.217. The molecule has 0 heterocycles. The van der Waals surface area contributed by atoms with E-state index in [2.05, 4.69) is 49.4 Å². The molecule has 2 heteroatoms. The predicted molar refractivity (Wildman–Crippen MR) is 104 cm³/mol. The second-order valence-corrected chi connectivity index (χ2v) is 5.86. The molecule has 0 aliphatic heterocycles. The summed E-state index contributed by atoms with van der Waals surface area (Å²) in [5.74, 6) is 1.82. The fourth-order valence-electron chi connectivity index (χ4n) is 3.17. The van der Waals surface area contributed by atoms with Crippen molar-refractivity contribution in [1.82, 2.24) is 0 Å². The lowest BCUT2D eigenvalue weighted by atomic mass is 9.90. The molecule has 0 aliphatic carbocycles. The summed E-state index contributed by atoms with van der Waals surface area (Å²) in [7, 11) is 0. The van der Waals surface area contributed by atoms with Crippen LogP contribution in [0.25, 0.3) is 22.3 Å². The molecule has 0 spiro atoms. The van der Waals surface area contributed by atoms with Crippen LogP contribution >= 0.6 is 0 Å². The number of hydrogen-bond donors (Lipinski definition) is 0. The molecule has 0 fully saturated rings. The van der Waals surface area contributed by atoms with Gasteiger partial charge in [0, 0.05) is 11.1 Å². The van der Waals surface area contributed by atoms with Crippen molar-refractivity contribution in [3.8, 4) is 33.8 Å². The van der Waals surface area contributed by atoms with E-state index in [9.17, 15) is 0 Å². The molecule has 3 aromatic rings. The standard InChI is InChI=1S/C23H24O2/c1-4-24-21-15-8-6-12-18(21)19-14-10-11-17(3)23(19)20-13-7-9-16-22(20)25-5-2/h6-16H,4-5H2,1-3H3. The van der Waals surface area contributed by atoms with E-state index >= 15 is 0 Å². The Morgan fingerprint density at radius 2 is 1.12 bits per heavy atom. The topological polar surface area (TPSA) is 18.5 Å². The van der Waals surface area contributed by atoms with Crippen molar-refractivity contribution < 1.29 is 9.47 Å². The number of ether oxygens (including phenoxy) is 2. The van der Waals surface area contributed by atoms with Crippen molar-refractivity contribution >= 4 is 0 Å². The molecule has 0 unspecified atom stereocenters. The van der Waals surface area contributed by atoms with Gasteiger partial charge in [-0.15, -0.1) is 0 Å². The molecule has 128 valence electrons. The normalized spacial score (nSPS) is 10.5. The first-order valence-corrected chi connectivity index (χ1v) is 8.80. The molecule has 0 aromatic heterocycles. The van der Waals surface area contributed by atoms with Crippen LogP contribution in [0, 0.1) is 6.92 Å². The van der Waals surface area contributed by atoms with Crippen LogP contribution in [-0.4, -0.2) is 13.2 Å². The van der Waals surface area contributed by atoms with Crippen LogP contribution in [0.5, 0.6) is 11.5 Å². The van der Waals surface area contributed by atoms with Gasteiger partial charge in [0.25, 0.3) is 0 Å². The molecule has 0 bridgehead atoms. The number of benzene rings is 3. The van der Waals surface area contributed by atoms with E-state index in [0.717, 1.165) is 28.2 Å². The van der Waals surface area contributed by atoms with E-state index in [4.69, 9.17) is 9.47 Å². The molecular weight excluding hydrogens is 308 g/mol. The zero-order valence-electron chi connectivity index (χ0n) is 15.1. The molecule has 3 rings (SSSR count). The average Bonchev–Trinajstić information content (AvgIpc) is 2.63. The van der Waals surface area contributed by atoms with Crippen LogP contribution < -0.4 is 9.47 Å². The van der Waals surface area contributed by atoms with Gasteiger partial charge in [-0.2, -0.15) is 0 Å². The zero-order valence-corrected chi connectivity index (χ0v) is 15.1. The summed E-state index contributed by atoms with van der Waals surface area (Å²) in [6.45, 7) is 7.46. The Morgan fingerprint density at radius 1 is 0.600 bits per heavy atom. The summed E-state index contributed by atoms with van der Waals surface area (Å²) in [4.78, 5) is 0. The van der Waals surface area contributed by atoms with Gasteiger partial charge in [0.1, 0.15) is 11.5 Å². The Hall–Kier alpha value is -2.74. The minimum absolute atomic E-state index is 0.647. The highest BCUT2D eigenvalue weighted by molar-refractivity contribution is 5.90. The largest absolute Gasteiger partial charge is 0.493 e. The highest BCUT2D eigenvalue weighted by Gasteiger charge is 2.16. The van der Waals surface area contributed by atoms with Gasteiger partial charge in [0.05, 0.1) is 13.2 Å². The van der Waals surface area contributed by atoms with Gasteiger partial charge in [-0.3, -0.25) is 0 Å². The van der Waals surface area contributed by atoms with Crippen molar-refractivity contribution in [2.45, 2.75) is 20.8 Å². The maximum atomic E-state index is 5.88. The number of hydrogen-bond acceptors (Lipinski definition) is 2. The third kappa shape index (κ3) is 3.53. The molecule has 3 aromatic carbocycles. The number of para-hydroxylation sites is 2. The van der Waals surface area contributed by atoms with Gasteiger partial charge in [-0.25, -0.2) is 0 Å². The second-order valence-electron chi connectivity index (χ2n) is 5.86. The molecule has 0 N–H and O–H groups in total. The van der Waals surface area contributed by atoms with Crippen LogP contribution in [0.1, 0.15) is 19.4 Å². The van der Waals surface area contributed by atoms with Gasteiger partial charge in [-0.1, -0.05) is 54.6 Å². The highest BCUT2D eigenvalue weighted by Crippen LogP contribution is 2.42. The molecule has 0 aliphatic rings. The van der Waals surface area contributed by atoms with Gasteiger partial charge >= 0.3 is 0 Å². The van der Waals surface area contributed by atoms with E-state index in [-0.39, 0.29) is 0 Å². The van der Waals surface area contributed by atoms with Crippen molar-refractivity contribution in [2.24, 2.45) is 0 Å². The molecule has 0 amide bonds. The van der Waals surface area contributed by atoms with Crippen molar-refractivity contribution in [1.29, 1.82) is 0 Å². The molecule has 0 saturated heterocycles. The van der Waals surface area contributed by atoms with E-state index in [1.807, 2.05) is 38.1 Å². The van der Waals surface area contributed by atoms with Crippen LogP contribution in [0.3, 0.4) is 0 Å². The Morgan fingerprint density at radius 3 is 1.76 bits per heavy atom. The minimum Gasteiger partial charge on any atom is -0.493 e. The summed E-state index contributed by atoms with van der Waals surface area (Å²) in [6, 6.07) is 22.8. The first kappa shape index (κ1) is 17.1. The van der Waals surface area contributed by atoms with Gasteiger partial charge in [-0.05, 0) is 49.6 Å². The lowest BCUT2D eigenvalue weighted by molar-refractivity contribution is 0.341. The van der Waals surface area contributed by atoms with E-state index in [0.29, 0.717) is 13.2 Å². The van der Waals surface area contributed by atoms with E-state index in [1.165, 1.54) is 11.1 Å².